The Balaban J connectivity index is 1.45. The summed E-state index contributed by atoms with van der Waals surface area (Å²) in [7, 11) is 2.22. The highest BCUT2D eigenvalue weighted by atomic mass is 32.2. The second kappa shape index (κ2) is 9.55. The second-order valence-corrected chi connectivity index (χ2v) is 9.45. The molecule has 0 radical (unpaired) electrons. The summed E-state index contributed by atoms with van der Waals surface area (Å²) in [5.74, 6) is 2.17. The van der Waals surface area contributed by atoms with Crippen molar-refractivity contribution in [3.05, 3.63) is 59.2 Å². The summed E-state index contributed by atoms with van der Waals surface area (Å²) in [6.07, 6.45) is 4.65. The molecule has 0 saturated carbocycles. The first-order valence-electron chi connectivity index (χ1n) is 11.0. The van der Waals surface area contributed by atoms with Gasteiger partial charge in [-0.1, -0.05) is 25.1 Å². The third kappa shape index (κ3) is 4.99. The van der Waals surface area contributed by atoms with Crippen LogP contribution in [0, 0.1) is 5.92 Å². The van der Waals surface area contributed by atoms with Crippen LogP contribution in [-0.4, -0.2) is 55.9 Å². The van der Waals surface area contributed by atoms with Crippen molar-refractivity contribution < 1.29 is 4.74 Å². The average Bonchev–Trinajstić information content (AvgIpc) is 2.77. The monoisotopic (exact) mass is 410 g/mol. The van der Waals surface area contributed by atoms with Gasteiger partial charge in [0, 0.05) is 23.9 Å². The van der Waals surface area contributed by atoms with E-state index in [9.17, 15) is 0 Å². The molecular weight excluding hydrogens is 376 g/mol. The quantitative estimate of drug-likeness (QED) is 0.616. The molecule has 4 heteroatoms. The molecule has 2 aliphatic heterocycles. The molecule has 1 unspecified atom stereocenters. The van der Waals surface area contributed by atoms with E-state index in [-0.39, 0.29) is 0 Å². The van der Waals surface area contributed by atoms with Gasteiger partial charge in [-0.15, -0.1) is 11.8 Å². The third-order valence-corrected chi connectivity index (χ3v) is 7.33. The van der Waals surface area contributed by atoms with Crippen molar-refractivity contribution in [3.8, 4) is 5.75 Å². The topological polar surface area (TPSA) is 15.7 Å². The first-order valence-corrected chi connectivity index (χ1v) is 12.2. The van der Waals surface area contributed by atoms with Crippen LogP contribution >= 0.6 is 11.8 Å². The van der Waals surface area contributed by atoms with E-state index in [1.54, 1.807) is 11.8 Å². The minimum absolute atomic E-state index is 0.437. The van der Waals surface area contributed by atoms with E-state index < -0.39 is 0 Å². The number of benzene rings is 2. The fraction of sp³-hybridized carbons (Fsp3) is 0.520. The van der Waals surface area contributed by atoms with Crippen LogP contribution < -0.4 is 4.74 Å². The third-order valence-electron chi connectivity index (χ3n) is 6.58. The van der Waals surface area contributed by atoms with Gasteiger partial charge in [-0.05, 0) is 92.7 Å². The zero-order valence-corrected chi connectivity index (χ0v) is 18.9. The normalized spacial score (nSPS) is 21.1. The lowest BCUT2D eigenvalue weighted by Crippen LogP contribution is -2.35. The van der Waals surface area contributed by atoms with E-state index in [4.69, 9.17) is 4.74 Å². The highest BCUT2D eigenvalue weighted by Crippen LogP contribution is 2.35. The Hall–Kier alpha value is -1.49. The van der Waals surface area contributed by atoms with Crippen LogP contribution in [-0.2, 0) is 6.54 Å². The molecule has 0 bridgehead atoms. The molecule has 2 aliphatic rings. The lowest BCUT2D eigenvalue weighted by Gasteiger charge is -2.33. The van der Waals surface area contributed by atoms with E-state index in [2.05, 4.69) is 72.5 Å². The number of likely N-dealkylation sites (N-methyl/N-ethyl adjacent to an activating group) is 1. The summed E-state index contributed by atoms with van der Waals surface area (Å²) < 4.78 is 6.25. The van der Waals surface area contributed by atoms with Crippen molar-refractivity contribution in [1.29, 1.82) is 0 Å². The summed E-state index contributed by atoms with van der Waals surface area (Å²) in [6.45, 7) is 8.79. The summed E-state index contributed by atoms with van der Waals surface area (Å²) in [5, 5.41) is 0. The number of ether oxygens (including phenoxy) is 1. The van der Waals surface area contributed by atoms with Crippen molar-refractivity contribution in [2.45, 2.75) is 37.1 Å². The Labute approximate surface area is 180 Å². The number of hydrogen-bond acceptors (Lipinski definition) is 4. The zero-order valence-electron chi connectivity index (χ0n) is 18.1. The Kier molecular flexibility index (Phi) is 6.84. The van der Waals surface area contributed by atoms with Gasteiger partial charge in [-0.2, -0.15) is 0 Å². The van der Waals surface area contributed by atoms with E-state index in [1.165, 1.54) is 54.1 Å². The van der Waals surface area contributed by atoms with E-state index in [0.717, 1.165) is 25.4 Å². The van der Waals surface area contributed by atoms with Crippen molar-refractivity contribution in [3.63, 3.8) is 0 Å². The maximum Gasteiger partial charge on any atom is 0.119 e. The van der Waals surface area contributed by atoms with Gasteiger partial charge in [0.25, 0.3) is 0 Å². The number of thioether (sulfide) groups is 1. The molecule has 1 atom stereocenters. The van der Waals surface area contributed by atoms with Gasteiger partial charge in [0.2, 0.25) is 0 Å². The van der Waals surface area contributed by atoms with Crippen LogP contribution in [0.25, 0.3) is 0 Å². The van der Waals surface area contributed by atoms with Gasteiger partial charge < -0.3 is 14.5 Å². The fourth-order valence-corrected chi connectivity index (χ4v) is 5.13. The van der Waals surface area contributed by atoms with E-state index in [1.807, 2.05) is 0 Å². The lowest BCUT2D eigenvalue weighted by atomic mass is 9.85. The van der Waals surface area contributed by atoms with Crippen molar-refractivity contribution in [2.75, 3.05) is 46.1 Å². The minimum atomic E-state index is 0.437. The molecular formula is C25H34N2OS. The maximum absolute atomic E-state index is 6.25. The predicted octanol–water partition coefficient (Wildman–Crippen LogP) is 5.10. The minimum Gasteiger partial charge on any atom is -0.493 e. The van der Waals surface area contributed by atoms with Crippen LogP contribution in [0.15, 0.2) is 47.4 Å². The molecule has 156 valence electrons. The zero-order chi connectivity index (χ0) is 20.2. The van der Waals surface area contributed by atoms with Crippen molar-refractivity contribution in [2.24, 2.45) is 5.92 Å². The number of piperidine rings is 1. The number of hydrogen-bond donors (Lipinski definition) is 0. The Bertz CT molecular complexity index is 799. The van der Waals surface area contributed by atoms with Gasteiger partial charge in [0.1, 0.15) is 5.75 Å². The number of rotatable bonds is 6. The van der Waals surface area contributed by atoms with Gasteiger partial charge >= 0.3 is 0 Å². The first kappa shape index (κ1) is 20.8. The number of nitrogens with zero attached hydrogens (tertiary/aromatic N) is 2. The predicted molar refractivity (Wildman–Crippen MR) is 123 cm³/mol. The van der Waals surface area contributed by atoms with Crippen LogP contribution in [0.1, 0.15) is 42.4 Å². The number of fused-ring (bicyclic) bond motifs is 1. The molecule has 0 N–H and O–H groups in total. The van der Waals surface area contributed by atoms with E-state index in [0.29, 0.717) is 11.8 Å². The van der Waals surface area contributed by atoms with Crippen LogP contribution in [0.3, 0.4) is 0 Å². The largest absolute Gasteiger partial charge is 0.493 e. The van der Waals surface area contributed by atoms with Crippen molar-refractivity contribution >= 4 is 11.8 Å². The molecule has 2 heterocycles. The Morgan fingerprint density at radius 3 is 2.52 bits per heavy atom. The van der Waals surface area contributed by atoms with Crippen molar-refractivity contribution in [1.82, 2.24) is 9.80 Å². The van der Waals surface area contributed by atoms with Crippen LogP contribution in [0.4, 0.5) is 0 Å². The molecule has 0 amide bonds. The standard InChI is InChI=1S/C25H34N2OS/c1-4-27-13-11-19(12-14-27)18-28-22-7-10-24-21(15-22)16-26(2)17-25(24)20-5-8-23(29-3)9-6-20/h5-10,15,19,25H,4,11-14,16-18H2,1-3H3. The molecule has 1 saturated heterocycles. The average molecular weight is 411 g/mol. The van der Waals surface area contributed by atoms with Gasteiger partial charge in [-0.25, -0.2) is 0 Å². The second-order valence-electron chi connectivity index (χ2n) is 8.57. The fourth-order valence-electron chi connectivity index (χ4n) is 4.72. The van der Waals surface area contributed by atoms with Gasteiger partial charge in [-0.3, -0.25) is 0 Å². The van der Waals surface area contributed by atoms with E-state index >= 15 is 0 Å². The summed E-state index contributed by atoms with van der Waals surface area (Å²) in [5.41, 5.74) is 4.28. The molecule has 0 aliphatic carbocycles. The SMILES string of the molecule is CCN1CCC(COc2ccc3c(c2)CN(C)CC3c2ccc(SC)cc2)CC1. The maximum atomic E-state index is 6.25. The lowest BCUT2D eigenvalue weighted by molar-refractivity contribution is 0.145. The highest BCUT2D eigenvalue weighted by Gasteiger charge is 2.25. The van der Waals surface area contributed by atoms with Gasteiger partial charge in [0.15, 0.2) is 0 Å². The molecule has 3 nitrogen and oxygen atoms in total. The van der Waals surface area contributed by atoms with Crippen LogP contribution in [0.5, 0.6) is 5.75 Å². The van der Waals surface area contributed by atoms with Crippen LogP contribution in [0.2, 0.25) is 0 Å². The molecule has 0 aromatic heterocycles. The summed E-state index contributed by atoms with van der Waals surface area (Å²) in [6, 6.07) is 15.9. The Morgan fingerprint density at radius 2 is 1.83 bits per heavy atom. The Morgan fingerprint density at radius 1 is 1.07 bits per heavy atom. The molecule has 1 fully saturated rings. The summed E-state index contributed by atoms with van der Waals surface area (Å²) in [4.78, 5) is 6.29. The summed E-state index contributed by atoms with van der Waals surface area (Å²) >= 11 is 1.80. The number of likely N-dealkylation sites (tertiary alicyclic amines) is 1. The molecule has 0 spiro atoms. The molecule has 2 aromatic rings. The molecule has 2 aromatic carbocycles. The van der Waals surface area contributed by atoms with Gasteiger partial charge in [0.05, 0.1) is 6.61 Å². The first-order chi connectivity index (χ1) is 14.2. The molecule has 29 heavy (non-hydrogen) atoms. The molecule has 4 rings (SSSR count). The smallest absolute Gasteiger partial charge is 0.119 e. The highest BCUT2D eigenvalue weighted by molar-refractivity contribution is 7.98.